The lowest BCUT2D eigenvalue weighted by Gasteiger charge is -2.23. The number of halogens is 4. The molecule has 0 radical (unpaired) electrons. The minimum absolute atomic E-state index is 0. The standard InChI is InChI=1S/C15H19ClF2N4O4.ClH/c1-8(2)12(14(24)20-7-15(17,18)6-19)21-13(23)10-4-3-9(22(25)26)5-11(10)16;/h3-5,8,12H,6-7,19H2,1-2H3,(H,20,24)(H,21,23);1H. The van der Waals surface area contributed by atoms with Crippen molar-refractivity contribution in [2.45, 2.75) is 25.8 Å². The topological polar surface area (TPSA) is 127 Å². The van der Waals surface area contributed by atoms with Crippen LogP contribution in [0.4, 0.5) is 14.5 Å². The predicted octanol–water partition coefficient (Wildman–Crippen LogP) is 2.13. The molecule has 0 aliphatic carbocycles. The molecule has 2 amide bonds. The van der Waals surface area contributed by atoms with E-state index in [9.17, 15) is 28.5 Å². The number of benzene rings is 1. The van der Waals surface area contributed by atoms with Crippen LogP contribution >= 0.6 is 24.0 Å². The molecule has 152 valence electrons. The second-order valence-electron chi connectivity index (χ2n) is 5.89. The minimum Gasteiger partial charge on any atom is -0.348 e. The first-order valence-electron chi connectivity index (χ1n) is 7.59. The molecular weight excluding hydrogens is 409 g/mol. The van der Waals surface area contributed by atoms with E-state index in [4.69, 9.17) is 17.3 Å². The molecule has 1 rings (SSSR count). The molecule has 8 nitrogen and oxygen atoms in total. The van der Waals surface area contributed by atoms with Crippen molar-refractivity contribution in [1.29, 1.82) is 0 Å². The summed E-state index contributed by atoms with van der Waals surface area (Å²) in [6.45, 7) is 1.34. The first-order valence-corrected chi connectivity index (χ1v) is 7.96. The number of non-ortho nitro benzene ring substituents is 1. The van der Waals surface area contributed by atoms with Gasteiger partial charge in [0.25, 0.3) is 17.5 Å². The molecule has 4 N–H and O–H groups in total. The number of alkyl halides is 2. The maximum atomic E-state index is 13.2. The van der Waals surface area contributed by atoms with E-state index in [2.05, 4.69) is 5.32 Å². The van der Waals surface area contributed by atoms with Crippen molar-refractivity contribution in [2.75, 3.05) is 13.1 Å². The molecule has 27 heavy (non-hydrogen) atoms. The molecule has 0 aliphatic rings. The second-order valence-corrected chi connectivity index (χ2v) is 6.30. The lowest BCUT2D eigenvalue weighted by atomic mass is 10.0. The van der Waals surface area contributed by atoms with Gasteiger partial charge in [0.1, 0.15) is 6.04 Å². The molecule has 0 spiro atoms. The zero-order valence-electron chi connectivity index (χ0n) is 14.5. The highest BCUT2D eigenvalue weighted by Gasteiger charge is 2.31. The van der Waals surface area contributed by atoms with E-state index < -0.39 is 47.7 Å². The number of nitrogens with two attached hydrogens (primary N) is 1. The van der Waals surface area contributed by atoms with Crippen LogP contribution in [0, 0.1) is 16.0 Å². The van der Waals surface area contributed by atoms with E-state index >= 15 is 0 Å². The van der Waals surface area contributed by atoms with Gasteiger partial charge in [-0.1, -0.05) is 25.4 Å². The van der Waals surface area contributed by atoms with Crippen LogP contribution in [-0.2, 0) is 4.79 Å². The van der Waals surface area contributed by atoms with Crippen LogP contribution < -0.4 is 16.4 Å². The summed E-state index contributed by atoms with van der Waals surface area (Å²) in [5.74, 6) is -5.24. The number of nitro benzene ring substituents is 1. The maximum Gasteiger partial charge on any atom is 0.277 e. The van der Waals surface area contributed by atoms with Gasteiger partial charge in [0.15, 0.2) is 0 Å². The van der Waals surface area contributed by atoms with Gasteiger partial charge in [-0.05, 0) is 12.0 Å². The third kappa shape index (κ3) is 7.24. The molecule has 0 saturated heterocycles. The first kappa shape index (κ1) is 25.0. The quantitative estimate of drug-likeness (QED) is 0.431. The summed E-state index contributed by atoms with van der Waals surface area (Å²) in [7, 11) is 0. The summed E-state index contributed by atoms with van der Waals surface area (Å²) in [6.07, 6.45) is 0. The van der Waals surface area contributed by atoms with E-state index in [0.717, 1.165) is 18.2 Å². The number of nitro groups is 1. The normalized spacial score (nSPS) is 12.1. The van der Waals surface area contributed by atoms with E-state index in [0.29, 0.717) is 0 Å². The van der Waals surface area contributed by atoms with Crippen molar-refractivity contribution in [3.8, 4) is 0 Å². The third-order valence-electron chi connectivity index (χ3n) is 3.46. The van der Waals surface area contributed by atoms with Crippen molar-refractivity contribution in [3.05, 3.63) is 38.9 Å². The monoisotopic (exact) mass is 428 g/mol. The Balaban J connectivity index is 0.00000676. The van der Waals surface area contributed by atoms with E-state index in [1.54, 1.807) is 13.8 Å². The Morgan fingerprint density at radius 1 is 1.37 bits per heavy atom. The lowest BCUT2D eigenvalue weighted by Crippen LogP contribution is -2.52. The van der Waals surface area contributed by atoms with Gasteiger partial charge in [-0.25, -0.2) is 8.78 Å². The van der Waals surface area contributed by atoms with Gasteiger partial charge in [-0.15, -0.1) is 12.4 Å². The van der Waals surface area contributed by atoms with Gasteiger partial charge in [-0.2, -0.15) is 0 Å². The van der Waals surface area contributed by atoms with Gasteiger partial charge in [0, 0.05) is 12.1 Å². The highest BCUT2D eigenvalue weighted by atomic mass is 35.5. The molecule has 0 aromatic heterocycles. The summed E-state index contributed by atoms with van der Waals surface area (Å²) in [5, 5.41) is 15.0. The van der Waals surface area contributed by atoms with Crippen LogP contribution in [0.1, 0.15) is 24.2 Å². The number of rotatable bonds is 8. The Kier molecular flexibility index (Phi) is 9.55. The number of carbonyl (C=O) groups excluding carboxylic acids is 2. The number of amides is 2. The Labute approximate surface area is 165 Å². The first-order chi connectivity index (χ1) is 12.0. The highest BCUT2D eigenvalue weighted by molar-refractivity contribution is 6.34. The molecule has 1 atom stereocenters. The van der Waals surface area contributed by atoms with Crippen LogP contribution in [0.2, 0.25) is 5.02 Å². The van der Waals surface area contributed by atoms with Gasteiger partial charge >= 0.3 is 0 Å². The number of hydrogen-bond donors (Lipinski definition) is 3. The zero-order valence-corrected chi connectivity index (χ0v) is 16.1. The number of nitrogens with zero attached hydrogens (tertiary/aromatic N) is 1. The molecule has 1 aromatic rings. The molecule has 0 bridgehead atoms. The number of nitrogens with one attached hydrogen (secondary N) is 2. The van der Waals surface area contributed by atoms with Gasteiger partial charge in [0.2, 0.25) is 5.91 Å². The summed E-state index contributed by atoms with van der Waals surface area (Å²) < 4.78 is 26.3. The minimum atomic E-state index is -3.26. The molecular formula is C15H20Cl2F2N4O4. The third-order valence-corrected chi connectivity index (χ3v) is 3.78. The van der Waals surface area contributed by atoms with E-state index in [1.807, 2.05) is 5.32 Å². The molecule has 0 aliphatic heterocycles. The smallest absolute Gasteiger partial charge is 0.277 e. The molecule has 0 fully saturated rings. The van der Waals surface area contributed by atoms with Crippen LogP contribution in [0.3, 0.4) is 0 Å². The lowest BCUT2D eigenvalue weighted by molar-refractivity contribution is -0.384. The summed E-state index contributed by atoms with van der Waals surface area (Å²) >= 11 is 5.87. The van der Waals surface area contributed by atoms with Crippen LogP contribution in [0.25, 0.3) is 0 Å². The van der Waals surface area contributed by atoms with Crippen molar-refractivity contribution >= 4 is 41.5 Å². The SMILES string of the molecule is CC(C)C(NC(=O)c1ccc([N+](=O)[O-])cc1Cl)C(=O)NCC(F)(F)CN.Cl. The van der Waals surface area contributed by atoms with E-state index in [-0.39, 0.29) is 28.7 Å². The Hall–Kier alpha value is -2.04. The summed E-state index contributed by atoms with van der Waals surface area (Å²) in [6, 6.07) is 2.13. The predicted molar refractivity (Wildman–Crippen MR) is 98.5 cm³/mol. The maximum absolute atomic E-state index is 13.2. The zero-order chi connectivity index (χ0) is 20.1. The highest BCUT2D eigenvalue weighted by Crippen LogP contribution is 2.22. The van der Waals surface area contributed by atoms with Gasteiger partial charge in [-0.3, -0.25) is 19.7 Å². The molecule has 0 saturated carbocycles. The second kappa shape index (κ2) is 10.3. The average Bonchev–Trinajstić information content (AvgIpc) is 2.56. The van der Waals surface area contributed by atoms with Crippen molar-refractivity contribution in [1.82, 2.24) is 10.6 Å². The Morgan fingerprint density at radius 3 is 2.41 bits per heavy atom. The van der Waals surface area contributed by atoms with Gasteiger partial charge in [0.05, 0.1) is 28.6 Å². The van der Waals surface area contributed by atoms with Crippen molar-refractivity contribution in [2.24, 2.45) is 11.7 Å². The van der Waals surface area contributed by atoms with Gasteiger partial charge < -0.3 is 16.4 Å². The average molecular weight is 429 g/mol. The molecule has 1 aromatic carbocycles. The van der Waals surface area contributed by atoms with Crippen molar-refractivity contribution < 1.29 is 23.3 Å². The fraction of sp³-hybridized carbons (Fsp3) is 0.467. The van der Waals surface area contributed by atoms with Crippen LogP contribution in [0.15, 0.2) is 18.2 Å². The van der Waals surface area contributed by atoms with Crippen LogP contribution in [-0.4, -0.2) is 41.8 Å². The summed E-state index contributed by atoms with van der Waals surface area (Å²) in [4.78, 5) is 34.5. The Bertz CT molecular complexity index is 704. The molecule has 1 unspecified atom stereocenters. The molecule has 0 heterocycles. The van der Waals surface area contributed by atoms with Crippen LogP contribution in [0.5, 0.6) is 0 Å². The number of carbonyl (C=O) groups is 2. The number of hydrogen-bond acceptors (Lipinski definition) is 5. The largest absolute Gasteiger partial charge is 0.348 e. The molecule has 12 heteroatoms. The van der Waals surface area contributed by atoms with E-state index in [1.165, 1.54) is 0 Å². The fourth-order valence-corrected chi connectivity index (χ4v) is 2.21. The Morgan fingerprint density at radius 2 is 1.96 bits per heavy atom. The fourth-order valence-electron chi connectivity index (χ4n) is 1.95. The van der Waals surface area contributed by atoms with Crippen molar-refractivity contribution in [3.63, 3.8) is 0 Å². The summed E-state index contributed by atoms with van der Waals surface area (Å²) in [5.41, 5.74) is 4.52.